The number of thioether (sulfide) groups is 1. The van der Waals surface area contributed by atoms with Crippen molar-refractivity contribution in [1.29, 1.82) is 0 Å². The van der Waals surface area contributed by atoms with Crippen molar-refractivity contribution in [1.82, 2.24) is 4.90 Å². The monoisotopic (exact) mass is 563 g/mol. The Morgan fingerprint density at radius 1 is 0.974 bits per heavy atom. The van der Waals surface area contributed by atoms with Crippen molar-refractivity contribution in [2.75, 3.05) is 32.1 Å². The quantitative estimate of drug-likeness (QED) is 0.291. The number of phenols is 1. The number of alkyl halides is 4. The second-order valence-corrected chi connectivity index (χ2v) is 10.4. The van der Waals surface area contributed by atoms with Crippen molar-refractivity contribution < 1.29 is 36.5 Å². The van der Waals surface area contributed by atoms with Gasteiger partial charge in [-0.3, -0.25) is 9.29 Å². The second kappa shape index (κ2) is 11.5. The molecule has 206 valence electrons. The molecule has 2 aliphatic rings. The van der Waals surface area contributed by atoms with Crippen LogP contribution in [0.1, 0.15) is 29.5 Å². The van der Waals surface area contributed by atoms with Crippen LogP contribution < -0.4 is 9.47 Å². The van der Waals surface area contributed by atoms with Crippen LogP contribution in [-0.4, -0.2) is 54.5 Å². The van der Waals surface area contributed by atoms with Gasteiger partial charge >= 0.3 is 6.36 Å². The first kappa shape index (κ1) is 27.3. The molecule has 0 amide bonds. The summed E-state index contributed by atoms with van der Waals surface area (Å²) in [6.07, 6.45) is -3.55. The fraction of sp³-hybridized carbons (Fsp3) is 0.310. The number of nitrogens with zero attached hydrogens (tertiary/aromatic N) is 1. The lowest BCUT2D eigenvalue weighted by Crippen LogP contribution is -2.26. The largest absolute Gasteiger partial charge is 0.573 e. The normalized spacial score (nSPS) is 17.8. The van der Waals surface area contributed by atoms with E-state index >= 15 is 4.39 Å². The van der Waals surface area contributed by atoms with E-state index in [2.05, 4.69) is 9.64 Å². The van der Waals surface area contributed by atoms with Gasteiger partial charge in [0.1, 0.15) is 29.2 Å². The number of benzene rings is 3. The number of phenolic OH excluding ortho intramolecular Hbond substituents is 1. The minimum absolute atomic E-state index is 0.00606. The Hall–Kier alpha value is -3.24. The zero-order chi connectivity index (χ0) is 27.6. The van der Waals surface area contributed by atoms with Crippen LogP contribution in [0, 0.1) is 5.82 Å². The molecule has 2 aliphatic heterocycles. The minimum Gasteiger partial charge on any atom is -0.508 e. The summed E-state index contributed by atoms with van der Waals surface area (Å²) in [7, 11) is 0. The summed E-state index contributed by atoms with van der Waals surface area (Å²) >= 11 is 1.41. The van der Waals surface area contributed by atoms with E-state index < -0.39 is 17.9 Å². The van der Waals surface area contributed by atoms with E-state index in [9.17, 15) is 22.7 Å². The fourth-order valence-electron chi connectivity index (χ4n) is 4.97. The number of aromatic hydroxyl groups is 1. The third-order valence-corrected chi connectivity index (χ3v) is 7.77. The summed E-state index contributed by atoms with van der Waals surface area (Å²) in [5.74, 6) is -0.335. The summed E-state index contributed by atoms with van der Waals surface area (Å²) < 4.78 is 75.6. The highest BCUT2D eigenvalue weighted by molar-refractivity contribution is 7.99. The maximum absolute atomic E-state index is 15.2. The molecule has 10 heteroatoms. The molecule has 0 aromatic heterocycles. The third kappa shape index (κ3) is 6.50. The minimum atomic E-state index is -4.92. The zero-order valence-electron chi connectivity index (χ0n) is 20.8. The summed E-state index contributed by atoms with van der Waals surface area (Å²) in [5.41, 5.74) is 3.06. The van der Waals surface area contributed by atoms with E-state index in [1.165, 1.54) is 17.8 Å². The molecule has 0 spiro atoms. The van der Waals surface area contributed by atoms with Gasteiger partial charge in [0.25, 0.3) is 0 Å². The van der Waals surface area contributed by atoms with Crippen molar-refractivity contribution >= 4 is 22.9 Å². The topological polar surface area (TPSA) is 41.9 Å². The van der Waals surface area contributed by atoms with E-state index in [4.69, 9.17) is 4.74 Å². The van der Waals surface area contributed by atoms with Gasteiger partial charge < -0.3 is 14.6 Å². The molecule has 3 aromatic rings. The highest BCUT2D eigenvalue weighted by atomic mass is 32.2. The number of ether oxygens (including phenoxy) is 2. The summed E-state index contributed by atoms with van der Waals surface area (Å²) in [4.78, 5) is 2.99. The number of fused-ring (bicyclic) bond motifs is 1. The van der Waals surface area contributed by atoms with E-state index in [1.807, 2.05) is 24.3 Å². The molecule has 1 saturated heterocycles. The number of rotatable bonds is 8. The summed E-state index contributed by atoms with van der Waals surface area (Å²) in [6.45, 7) is 1.97. The van der Waals surface area contributed by atoms with E-state index in [0.717, 1.165) is 53.2 Å². The highest BCUT2D eigenvalue weighted by Crippen LogP contribution is 2.46. The number of hydrogen-bond donors (Lipinski definition) is 1. The van der Waals surface area contributed by atoms with Gasteiger partial charge in [-0.25, -0.2) is 4.39 Å². The van der Waals surface area contributed by atoms with Gasteiger partial charge in [0.05, 0.1) is 6.67 Å². The zero-order valence-corrected chi connectivity index (χ0v) is 21.6. The van der Waals surface area contributed by atoms with Crippen LogP contribution in [0.2, 0.25) is 0 Å². The summed E-state index contributed by atoms with van der Waals surface area (Å²) in [6, 6.07) is 15.5. The SMILES string of the molecule is Oc1ccc2c(c1)SCC(c1ccc(OC(F)(F)F)cc1F)=C2c1ccc(O[C@H]2CCN(CCCF)C2)cc1. The predicted octanol–water partition coefficient (Wildman–Crippen LogP) is 7.31. The second-order valence-electron chi connectivity index (χ2n) is 9.41. The lowest BCUT2D eigenvalue weighted by Gasteiger charge is -2.25. The van der Waals surface area contributed by atoms with E-state index in [1.54, 1.807) is 18.2 Å². The Morgan fingerprint density at radius 3 is 2.44 bits per heavy atom. The van der Waals surface area contributed by atoms with Crippen LogP contribution in [-0.2, 0) is 0 Å². The van der Waals surface area contributed by atoms with Crippen LogP contribution >= 0.6 is 11.8 Å². The first-order valence-electron chi connectivity index (χ1n) is 12.5. The first-order chi connectivity index (χ1) is 18.7. The van der Waals surface area contributed by atoms with Crippen molar-refractivity contribution in [3.05, 3.63) is 83.2 Å². The van der Waals surface area contributed by atoms with Gasteiger partial charge in [-0.15, -0.1) is 24.9 Å². The van der Waals surface area contributed by atoms with Gasteiger partial charge in [0.2, 0.25) is 0 Å². The van der Waals surface area contributed by atoms with Crippen LogP contribution in [0.4, 0.5) is 22.0 Å². The molecule has 2 heterocycles. The van der Waals surface area contributed by atoms with Crippen LogP contribution in [0.5, 0.6) is 17.2 Å². The molecule has 1 fully saturated rings. The standard InChI is InChI=1S/C29H26F5NO3S/c30-11-1-12-35-13-10-22(16-35)37-20-5-2-18(3-6-20)28-24-8-4-19(36)14-27(24)39-17-25(28)23-9-7-21(15-26(23)31)38-29(32,33)34/h2-9,14-15,22,36H,1,10-13,16-17H2/t22-/m0/s1. The first-order valence-corrected chi connectivity index (χ1v) is 13.5. The predicted molar refractivity (Wildman–Crippen MR) is 140 cm³/mol. The molecule has 1 atom stereocenters. The molecule has 4 nitrogen and oxygen atoms in total. The van der Waals surface area contributed by atoms with Crippen molar-refractivity contribution in [3.63, 3.8) is 0 Å². The van der Waals surface area contributed by atoms with Crippen LogP contribution in [0.25, 0.3) is 11.1 Å². The van der Waals surface area contributed by atoms with Gasteiger partial charge in [0, 0.05) is 41.9 Å². The maximum Gasteiger partial charge on any atom is 0.573 e. The van der Waals surface area contributed by atoms with Crippen LogP contribution in [0.3, 0.4) is 0 Å². The molecule has 5 rings (SSSR count). The maximum atomic E-state index is 15.2. The molecule has 3 aromatic carbocycles. The number of likely N-dealkylation sites (tertiary alicyclic amines) is 1. The molecular weight excluding hydrogens is 537 g/mol. The number of halogens is 5. The van der Waals surface area contributed by atoms with Crippen molar-refractivity contribution in [3.8, 4) is 17.2 Å². The Bertz CT molecular complexity index is 1360. The van der Waals surface area contributed by atoms with E-state index in [0.29, 0.717) is 30.0 Å². The van der Waals surface area contributed by atoms with Gasteiger partial charge in [-0.1, -0.05) is 12.1 Å². The van der Waals surface area contributed by atoms with Crippen molar-refractivity contribution in [2.45, 2.75) is 30.2 Å². The molecule has 0 bridgehead atoms. The fourth-order valence-corrected chi connectivity index (χ4v) is 6.10. The Labute approximate surface area is 227 Å². The average Bonchev–Trinajstić information content (AvgIpc) is 3.33. The molecule has 39 heavy (non-hydrogen) atoms. The highest BCUT2D eigenvalue weighted by Gasteiger charge is 2.32. The Morgan fingerprint density at radius 2 is 1.72 bits per heavy atom. The molecule has 0 aliphatic carbocycles. The van der Waals surface area contributed by atoms with E-state index in [-0.39, 0.29) is 24.1 Å². The average molecular weight is 564 g/mol. The third-order valence-electron chi connectivity index (χ3n) is 6.69. The lowest BCUT2D eigenvalue weighted by atomic mass is 9.89. The van der Waals surface area contributed by atoms with Crippen LogP contribution in [0.15, 0.2) is 65.6 Å². The molecular formula is C29H26F5NO3S. The Balaban J connectivity index is 1.46. The number of hydrogen-bond acceptors (Lipinski definition) is 5. The molecule has 1 N–H and O–H groups in total. The van der Waals surface area contributed by atoms with Gasteiger partial charge in [-0.2, -0.15) is 0 Å². The van der Waals surface area contributed by atoms with Gasteiger partial charge in [0.15, 0.2) is 0 Å². The lowest BCUT2D eigenvalue weighted by molar-refractivity contribution is -0.274. The summed E-state index contributed by atoms with van der Waals surface area (Å²) in [5, 5.41) is 10.0. The smallest absolute Gasteiger partial charge is 0.508 e. The van der Waals surface area contributed by atoms with Gasteiger partial charge in [-0.05, 0) is 77.6 Å². The molecule has 0 radical (unpaired) electrons. The Kier molecular flexibility index (Phi) is 8.04. The van der Waals surface area contributed by atoms with Crippen molar-refractivity contribution in [2.24, 2.45) is 0 Å². The molecule has 0 unspecified atom stereocenters. The molecule has 0 saturated carbocycles.